The van der Waals surface area contributed by atoms with E-state index < -0.39 is 5.41 Å². The van der Waals surface area contributed by atoms with Gasteiger partial charge >= 0.3 is 0 Å². The third-order valence-corrected chi connectivity index (χ3v) is 8.28. The topological polar surface area (TPSA) is 36.0 Å². The molecule has 3 aromatic rings. The Kier molecular flexibility index (Phi) is 7.80. The maximum atomic E-state index is 13.9. The molecule has 1 saturated heterocycles. The fourth-order valence-electron chi connectivity index (χ4n) is 6.15. The number of para-hydroxylation sites is 3. The zero-order chi connectivity index (χ0) is 25.7. The van der Waals surface area contributed by atoms with Crippen LogP contribution in [-0.2, 0) is 16.8 Å². The Hall–Kier alpha value is -3.31. The van der Waals surface area contributed by atoms with Crippen molar-refractivity contribution in [1.29, 1.82) is 0 Å². The number of amides is 1. The average molecular weight is 498 g/mol. The molecule has 1 atom stereocenters. The van der Waals surface area contributed by atoms with Gasteiger partial charge in [-0.2, -0.15) is 0 Å². The van der Waals surface area contributed by atoms with Crippen molar-refractivity contribution in [3.05, 3.63) is 90.0 Å². The lowest BCUT2D eigenvalue weighted by atomic mass is 9.75. The Labute approximate surface area is 221 Å². The molecule has 0 N–H and O–H groups in total. The minimum Gasteiger partial charge on any atom is -0.495 e. The number of nitrogens with zero attached hydrogens (tertiary/aromatic N) is 3. The van der Waals surface area contributed by atoms with Crippen LogP contribution < -0.4 is 14.5 Å². The van der Waals surface area contributed by atoms with E-state index in [-0.39, 0.29) is 5.91 Å². The molecule has 5 rings (SSSR count). The van der Waals surface area contributed by atoms with Crippen molar-refractivity contribution in [1.82, 2.24) is 4.90 Å². The normalized spacial score (nSPS) is 19.8. The smallest absolute Gasteiger partial charge is 0.238 e. The molecule has 37 heavy (non-hydrogen) atoms. The predicted octanol–water partition coefficient (Wildman–Crippen LogP) is 5.88. The fourth-order valence-corrected chi connectivity index (χ4v) is 6.15. The lowest BCUT2D eigenvalue weighted by molar-refractivity contribution is -0.123. The molecular weight excluding hydrogens is 458 g/mol. The second kappa shape index (κ2) is 11.4. The van der Waals surface area contributed by atoms with E-state index in [1.165, 1.54) is 16.8 Å². The van der Waals surface area contributed by atoms with Gasteiger partial charge in [0.15, 0.2) is 0 Å². The van der Waals surface area contributed by atoms with Crippen molar-refractivity contribution in [2.75, 3.05) is 49.6 Å². The van der Waals surface area contributed by atoms with Crippen LogP contribution >= 0.6 is 0 Å². The molecule has 0 radical (unpaired) electrons. The van der Waals surface area contributed by atoms with Crippen LogP contribution in [0.2, 0.25) is 0 Å². The largest absolute Gasteiger partial charge is 0.495 e. The number of carbonyl (C=O) groups is 1. The lowest BCUT2D eigenvalue weighted by Crippen LogP contribution is -2.46. The van der Waals surface area contributed by atoms with Crippen LogP contribution in [-0.4, -0.2) is 50.6 Å². The van der Waals surface area contributed by atoms with Crippen LogP contribution in [0.5, 0.6) is 5.75 Å². The number of ether oxygens (including phenoxy) is 1. The number of rotatable bonds is 10. The third-order valence-electron chi connectivity index (χ3n) is 8.28. The van der Waals surface area contributed by atoms with Crippen molar-refractivity contribution in [3.8, 4) is 5.75 Å². The third kappa shape index (κ3) is 5.10. The first kappa shape index (κ1) is 25.3. The quantitative estimate of drug-likeness (QED) is 0.328. The molecular formula is C32H39N3O2. The van der Waals surface area contributed by atoms with Gasteiger partial charge in [0.1, 0.15) is 5.75 Å². The maximum absolute atomic E-state index is 13.9. The van der Waals surface area contributed by atoms with E-state index in [9.17, 15) is 4.79 Å². The van der Waals surface area contributed by atoms with Crippen LogP contribution in [0.15, 0.2) is 78.9 Å². The summed E-state index contributed by atoms with van der Waals surface area (Å²) in [7, 11) is 1.74. The van der Waals surface area contributed by atoms with Gasteiger partial charge in [0.05, 0.1) is 24.8 Å². The van der Waals surface area contributed by atoms with Crippen molar-refractivity contribution >= 4 is 17.3 Å². The van der Waals surface area contributed by atoms with E-state index in [1.54, 1.807) is 7.11 Å². The highest BCUT2D eigenvalue weighted by atomic mass is 16.5. The zero-order valence-corrected chi connectivity index (χ0v) is 22.2. The van der Waals surface area contributed by atoms with E-state index in [0.29, 0.717) is 6.54 Å². The first-order chi connectivity index (χ1) is 18.2. The number of unbranched alkanes of at least 4 members (excludes halogenated alkanes) is 1. The summed E-state index contributed by atoms with van der Waals surface area (Å²) in [5.41, 5.74) is 4.25. The Morgan fingerprint density at radius 1 is 0.811 bits per heavy atom. The Balaban J connectivity index is 1.18. The Morgan fingerprint density at radius 2 is 1.49 bits per heavy atom. The summed E-state index contributed by atoms with van der Waals surface area (Å²) >= 11 is 0. The molecule has 0 bridgehead atoms. The molecule has 0 aliphatic carbocycles. The van der Waals surface area contributed by atoms with Gasteiger partial charge in [-0.1, -0.05) is 74.0 Å². The van der Waals surface area contributed by atoms with Gasteiger partial charge in [0.25, 0.3) is 0 Å². The number of hydrogen-bond donors (Lipinski definition) is 0. The van der Waals surface area contributed by atoms with Gasteiger partial charge in [-0.05, 0) is 55.1 Å². The summed E-state index contributed by atoms with van der Waals surface area (Å²) in [6.45, 7) is 8.04. The number of benzene rings is 3. The summed E-state index contributed by atoms with van der Waals surface area (Å²) < 4.78 is 5.56. The summed E-state index contributed by atoms with van der Waals surface area (Å²) in [6, 6.07) is 27.1. The van der Waals surface area contributed by atoms with E-state index in [4.69, 9.17) is 4.74 Å². The number of methoxy groups -OCH3 is 1. The van der Waals surface area contributed by atoms with Crippen LogP contribution in [0.25, 0.3) is 0 Å². The molecule has 3 aromatic carbocycles. The highest BCUT2D eigenvalue weighted by molar-refractivity contribution is 6.08. The molecule has 0 aromatic heterocycles. The van der Waals surface area contributed by atoms with Gasteiger partial charge in [-0.15, -0.1) is 0 Å². The minimum atomic E-state index is -0.409. The van der Waals surface area contributed by atoms with Crippen molar-refractivity contribution < 1.29 is 9.53 Å². The van der Waals surface area contributed by atoms with E-state index in [1.807, 2.05) is 35.2 Å². The zero-order valence-electron chi connectivity index (χ0n) is 22.2. The summed E-state index contributed by atoms with van der Waals surface area (Å²) in [4.78, 5) is 21.0. The number of piperazine rings is 1. The fraction of sp³-hybridized carbons (Fsp3) is 0.406. The molecule has 0 saturated carbocycles. The number of hydrogen-bond acceptors (Lipinski definition) is 4. The van der Waals surface area contributed by atoms with Crippen LogP contribution in [0.4, 0.5) is 11.4 Å². The molecule has 5 nitrogen and oxygen atoms in total. The van der Waals surface area contributed by atoms with Crippen molar-refractivity contribution in [3.63, 3.8) is 0 Å². The summed E-state index contributed by atoms with van der Waals surface area (Å²) in [5, 5.41) is 0. The first-order valence-electron chi connectivity index (χ1n) is 13.7. The van der Waals surface area contributed by atoms with Gasteiger partial charge in [0.2, 0.25) is 5.91 Å². The van der Waals surface area contributed by atoms with Crippen LogP contribution in [0.3, 0.4) is 0 Å². The van der Waals surface area contributed by atoms with Crippen LogP contribution in [0, 0.1) is 0 Å². The van der Waals surface area contributed by atoms with E-state index >= 15 is 0 Å². The molecule has 194 valence electrons. The number of anilines is 2. The molecule has 1 fully saturated rings. The molecule has 2 heterocycles. The highest BCUT2D eigenvalue weighted by Gasteiger charge is 2.48. The van der Waals surface area contributed by atoms with E-state index in [2.05, 4.69) is 65.3 Å². The lowest BCUT2D eigenvalue weighted by Gasteiger charge is -2.36. The number of carbonyl (C=O) groups excluding carboxylic acids is 1. The molecule has 1 amide bonds. The Bertz CT molecular complexity index is 1190. The highest BCUT2D eigenvalue weighted by Crippen LogP contribution is 2.47. The molecule has 0 spiro atoms. The maximum Gasteiger partial charge on any atom is 0.238 e. The Morgan fingerprint density at radius 3 is 2.22 bits per heavy atom. The molecule has 1 unspecified atom stereocenters. The van der Waals surface area contributed by atoms with Gasteiger partial charge < -0.3 is 14.5 Å². The molecule has 5 heteroatoms. The SMILES string of the molecule is CCC1(CCCCN2CCN(c3ccccc3OC)CC2)C(=O)N(Cc2ccccc2)c2ccccc21. The molecule has 2 aliphatic rings. The molecule has 2 aliphatic heterocycles. The predicted molar refractivity (Wildman–Crippen MR) is 152 cm³/mol. The second-order valence-electron chi connectivity index (χ2n) is 10.3. The second-order valence-corrected chi connectivity index (χ2v) is 10.3. The summed E-state index contributed by atoms with van der Waals surface area (Å²) in [6.07, 6.45) is 3.92. The first-order valence-corrected chi connectivity index (χ1v) is 13.7. The monoisotopic (exact) mass is 497 g/mol. The van der Waals surface area contributed by atoms with Crippen LogP contribution in [0.1, 0.15) is 43.7 Å². The minimum absolute atomic E-state index is 0.269. The van der Waals surface area contributed by atoms with E-state index in [0.717, 1.165) is 69.8 Å². The van der Waals surface area contributed by atoms with Gasteiger partial charge in [0, 0.05) is 31.9 Å². The average Bonchev–Trinajstić information content (AvgIpc) is 3.19. The van der Waals surface area contributed by atoms with Gasteiger partial charge in [-0.25, -0.2) is 0 Å². The number of fused-ring (bicyclic) bond motifs is 1. The van der Waals surface area contributed by atoms with Gasteiger partial charge in [-0.3, -0.25) is 9.69 Å². The van der Waals surface area contributed by atoms with Crippen molar-refractivity contribution in [2.45, 2.75) is 44.6 Å². The standard InChI is InChI=1S/C32H39N3O2/c1-3-32(27-15-7-8-16-28(27)35(31(32)36)25-26-13-5-4-6-14-26)19-11-12-20-33-21-23-34(24-22-33)29-17-9-10-18-30(29)37-2/h4-10,13-18H,3,11-12,19-25H2,1-2H3. The van der Waals surface area contributed by atoms with Crippen molar-refractivity contribution in [2.24, 2.45) is 0 Å². The summed E-state index contributed by atoms with van der Waals surface area (Å²) in [5.74, 6) is 1.22.